The molecule has 0 radical (unpaired) electrons. The van der Waals surface area contributed by atoms with Crippen LogP contribution in [0.5, 0.6) is 0 Å². The maximum Gasteiger partial charge on any atom is 0.371 e. The van der Waals surface area contributed by atoms with Crippen LogP contribution in [0.2, 0.25) is 0 Å². The maximum atomic E-state index is 11.5. The van der Waals surface area contributed by atoms with E-state index in [1.165, 1.54) is 6.92 Å². The first-order valence-corrected chi connectivity index (χ1v) is 5.05. The van der Waals surface area contributed by atoms with E-state index in [0.717, 1.165) is 6.92 Å². The molecule has 0 aliphatic heterocycles. The quantitative estimate of drug-likeness (QED) is 0.385. The van der Waals surface area contributed by atoms with Crippen LogP contribution < -0.4 is 0 Å². The van der Waals surface area contributed by atoms with Crippen LogP contribution >= 0.6 is 0 Å². The van der Waals surface area contributed by atoms with Gasteiger partial charge < -0.3 is 9.47 Å². The van der Waals surface area contributed by atoms with Gasteiger partial charge in [-0.2, -0.15) is 0 Å². The summed E-state index contributed by atoms with van der Waals surface area (Å²) in [5, 5.41) is 0. The maximum absolute atomic E-state index is 11.5. The lowest BCUT2D eigenvalue weighted by molar-refractivity contribution is -0.183. The second-order valence-electron chi connectivity index (χ2n) is 3.10. The van der Waals surface area contributed by atoms with Crippen molar-refractivity contribution < 1.29 is 23.9 Å². The second kappa shape index (κ2) is 6.95. The fraction of sp³-hybridized carbons (Fsp3) is 0.700. The second-order valence-corrected chi connectivity index (χ2v) is 3.10. The first-order chi connectivity index (χ1) is 7.42. The molecule has 0 saturated heterocycles. The van der Waals surface area contributed by atoms with Crippen molar-refractivity contribution in [3.05, 3.63) is 0 Å². The molecule has 16 heavy (non-hydrogen) atoms. The molecule has 0 amide bonds. The van der Waals surface area contributed by atoms with Crippen LogP contribution in [0, 0.1) is 0 Å². The minimum Gasteiger partial charge on any atom is -0.435 e. The van der Waals surface area contributed by atoms with Crippen LogP contribution in [0.1, 0.15) is 27.7 Å². The minimum atomic E-state index is -1.16. The van der Waals surface area contributed by atoms with Crippen molar-refractivity contribution in [2.24, 2.45) is 0 Å². The van der Waals surface area contributed by atoms with E-state index < -0.39 is 24.1 Å². The Bertz CT molecular complexity index is 272. The summed E-state index contributed by atoms with van der Waals surface area (Å²) in [6.07, 6.45) is -1.16. The van der Waals surface area contributed by atoms with Crippen molar-refractivity contribution in [1.82, 2.24) is 4.90 Å². The predicted octanol–water partition coefficient (Wildman–Crippen LogP) is 0.307. The molecule has 0 aliphatic carbocycles. The molecule has 0 aromatic heterocycles. The highest BCUT2D eigenvalue weighted by molar-refractivity contribution is 5.87. The molecule has 0 bridgehead atoms. The van der Waals surface area contributed by atoms with E-state index in [9.17, 15) is 14.4 Å². The monoisotopic (exact) mass is 231 g/mol. The Labute approximate surface area is 94.5 Å². The van der Waals surface area contributed by atoms with Crippen LogP contribution in [0.25, 0.3) is 0 Å². The van der Waals surface area contributed by atoms with Crippen LogP contribution in [0.15, 0.2) is 0 Å². The standard InChI is InChI=1S/C10H17NO5/c1-5-11(6-2)9(15-7(3)12)10(14)16-8(4)13/h9H,5-6H2,1-4H3. The fourth-order valence-electron chi connectivity index (χ4n) is 1.18. The Kier molecular flexibility index (Phi) is 6.32. The molecule has 0 heterocycles. The number of esters is 3. The van der Waals surface area contributed by atoms with Gasteiger partial charge >= 0.3 is 17.9 Å². The summed E-state index contributed by atoms with van der Waals surface area (Å²) in [6, 6.07) is 0. The van der Waals surface area contributed by atoms with E-state index in [1.807, 2.05) is 0 Å². The highest BCUT2D eigenvalue weighted by Crippen LogP contribution is 2.04. The number of rotatable bonds is 5. The smallest absolute Gasteiger partial charge is 0.371 e. The molecular formula is C10H17NO5. The fourth-order valence-corrected chi connectivity index (χ4v) is 1.18. The Hall–Kier alpha value is -1.43. The van der Waals surface area contributed by atoms with Gasteiger partial charge in [-0.25, -0.2) is 4.79 Å². The zero-order valence-corrected chi connectivity index (χ0v) is 9.98. The van der Waals surface area contributed by atoms with Gasteiger partial charge in [0, 0.05) is 13.8 Å². The summed E-state index contributed by atoms with van der Waals surface area (Å²) < 4.78 is 9.22. The van der Waals surface area contributed by atoms with Crippen molar-refractivity contribution in [3.8, 4) is 0 Å². The van der Waals surface area contributed by atoms with Gasteiger partial charge in [0.1, 0.15) is 0 Å². The lowest BCUT2D eigenvalue weighted by Gasteiger charge is -2.26. The summed E-state index contributed by atoms with van der Waals surface area (Å²) in [6.45, 7) is 6.92. The molecule has 0 spiro atoms. The highest BCUT2D eigenvalue weighted by atomic mass is 16.6. The molecule has 0 aliphatic rings. The van der Waals surface area contributed by atoms with E-state index in [1.54, 1.807) is 18.7 Å². The van der Waals surface area contributed by atoms with E-state index in [2.05, 4.69) is 4.74 Å². The van der Waals surface area contributed by atoms with Gasteiger partial charge in [-0.3, -0.25) is 14.5 Å². The average molecular weight is 231 g/mol. The Morgan fingerprint density at radius 1 is 1.06 bits per heavy atom. The van der Waals surface area contributed by atoms with Crippen molar-refractivity contribution >= 4 is 17.9 Å². The molecule has 6 heteroatoms. The summed E-state index contributed by atoms with van der Waals surface area (Å²) in [7, 11) is 0. The largest absolute Gasteiger partial charge is 0.435 e. The van der Waals surface area contributed by atoms with Gasteiger partial charge in [0.05, 0.1) is 0 Å². The van der Waals surface area contributed by atoms with Gasteiger partial charge in [-0.15, -0.1) is 0 Å². The number of ether oxygens (including phenoxy) is 2. The van der Waals surface area contributed by atoms with Gasteiger partial charge in [0.2, 0.25) is 0 Å². The third kappa shape index (κ3) is 4.88. The van der Waals surface area contributed by atoms with Gasteiger partial charge in [-0.1, -0.05) is 13.8 Å². The minimum absolute atomic E-state index is 0.501. The first-order valence-electron chi connectivity index (χ1n) is 5.05. The Balaban J connectivity index is 4.70. The van der Waals surface area contributed by atoms with Crippen LogP contribution in [0.4, 0.5) is 0 Å². The van der Waals surface area contributed by atoms with Crippen LogP contribution in [-0.4, -0.2) is 42.1 Å². The number of nitrogens with zero attached hydrogens (tertiary/aromatic N) is 1. The molecule has 1 unspecified atom stereocenters. The topological polar surface area (TPSA) is 72.9 Å². The van der Waals surface area contributed by atoms with E-state index in [4.69, 9.17) is 4.74 Å². The molecule has 0 aromatic rings. The van der Waals surface area contributed by atoms with Crippen LogP contribution in [-0.2, 0) is 23.9 Å². The molecular weight excluding hydrogens is 214 g/mol. The number of carbonyl (C=O) groups is 3. The van der Waals surface area contributed by atoms with E-state index >= 15 is 0 Å². The Morgan fingerprint density at radius 3 is 1.88 bits per heavy atom. The zero-order chi connectivity index (χ0) is 12.7. The van der Waals surface area contributed by atoms with Gasteiger partial charge in [-0.05, 0) is 13.1 Å². The van der Waals surface area contributed by atoms with E-state index in [-0.39, 0.29) is 0 Å². The van der Waals surface area contributed by atoms with Gasteiger partial charge in [0.25, 0.3) is 6.23 Å². The highest BCUT2D eigenvalue weighted by Gasteiger charge is 2.29. The van der Waals surface area contributed by atoms with Crippen molar-refractivity contribution in [1.29, 1.82) is 0 Å². The summed E-state index contributed by atoms with van der Waals surface area (Å²) in [5.74, 6) is -2.20. The lowest BCUT2D eigenvalue weighted by Crippen LogP contribution is -2.45. The molecule has 92 valence electrons. The summed E-state index contributed by atoms with van der Waals surface area (Å²) in [5.41, 5.74) is 0. The van der Waals surface area contributed by atoms with Gasteiger partial charge in [0.15, 0.2) is 0 Å². The molecule has 0 saturated carbocycles. The number of hydrogen-bond donors (Lipinski definition) is 0. The zero-order valence-electron chi connectivity index (χ0n) is 9.98. The van der Waals surface area contributed by atoms with Crippen molar-refractivity contribution in [2.45, 2.75) is 33.9 Å². The Morgan fingerprint density at radius 2 is 1.56 bits per heavy atom. The normalized spacial score (nSPS) is 12.1. The number of carbonyl (C=O) groups excluding carboxylic acids is 3. The molecule has 6 nitrogen and oxygen atoms in total. The van der Waals surface area contributed by atoms with Crippen molar-refractivity contribution in [2.75, 3.05) is 13.1 Å². The SMILES string of the molecule is CCN(CC)C(OC(C)=O)C(=O)OC(C)=O. The average Bonchev–Trinajstić information content (AvgIpc) is 2.16. The molecule has 0 rings (SSSR count). The third-order valence-corrected chi connectivity index (χ3v) is 1.87. The molecule has 0 N–H and O–H groups in total. The molecule has 0 aromatic carbocycles. The third-order valence-electron chi connectivity index (χ3n) is 1.87. The van der Waals surface area contributed by atoms with Crippen LogP contribution in [0.3, 0.4) is 0 Å². The number of hydrogen-bond acceptors (Lipinski definition) is 6. The summed E-state index contributed by atoms with van der Waals surface area (Å²) >= 11 is 0. The van der Waals surface area contributed by atoms with E-state index in [0.29, 0.717) is 13.1 Å². The summed E-state index contributed by atoms with van der Waals surface area (Å²) in [4.78, 5) is 34.5. The number of likely N-dealkylation sites (N-methyl/N-ethyl adjacent to an activating group) is 1. The predicted molar refractivity (Wildman–Crippen MR) is 55.2 cm³/mol. The molecule has 0 fully saturated rings. The van der Waals surface area contributed by atoms with Crippen molar-refractivity contribution in [3.63, 3.8) is 0 Å². The lowest BCUT2D eigenvalue weighted by atomic mass is 10.4. The molecule has 1 atom stereocenters. The first kappa shape index (κ1) is 14.6.